The molecule has 4 amide bonds. The second-order valence-corrected chi connectivity index (χ2v) is 5.71. The molecular weight excluding hydrogens is 302 g/mol. The molecule has 1 heterocycles. The van der Waals surface area contributed by atoms with E-state index in [1.54, 1.807) is 11.0 Å². The van der Waals surface area contributed by atoms with E-state index in [1.807, 2.05) is 6.92 Å². The molecule has 1 fully saturated rings. The lowest BCUT2D eigenvalue weighted by atomic mass is 9.76. The summed E-state index contributed by atoms with van der Waals surface area (Å²) in [5.74, 6) is -0.974. The van der Waals surface area contributed by atoms with Crippen molar-refractivity contribution >= 4 is 34.0 Å². The zero-order valence-corrected chi connectivity index (χ0v) is 12.2. The van der Waals surface area contributed by atoms with Gasteiger partial charge in [-0.2, -0.15) is 0 Å². The minimum atomic E-state index is -1.13. The molecule has 0 aromatic heterocycles. The lowest BCUT2D eigenvalue weighted by Crippen LogP contribution is -2.62. The monoisotopic (exact) mass is 319 g/mol. The van der Waals surface area contributed by atoms with E-state index in [9.17, 15) is 14.4 Å². The fourth-order valence-electron chi connectivity index (χ4n) is 1.98. The third-order valence-electron chi connectivity index (χ3n) is 3.13. The van der Waals surface area contributed by atoms with E-state index in [-0.39, 0.29) is 0 Å². The van der Waals surface area contributed by atoms with Crippen molar-refractivity contribution in [3.63, 3.8) is 0 Å². The molecule has 0 bridgehead atoms. The van der Waals surface area contributed by atoms with Crippen molar-refractivity contribution in [3.05, 3.63) is 0 Å². The van der Waals surface area contributed by atoms with Crippen LogP contribution in [0.4, 0.5) is 4.79 Å². The molecule has 102 valence electrons. The number of carbonyl (C=O) groups excluding carboxylic acids is 3. The van der Waals surface area contributed by atoms with Crippen LogP contribution in [-0.4, -0.2) is 35.4 Å². The Hall–Kier alpha value is -0.950. The van der Waals surface area contributed by atoms with E-state index in [2.05, 4.69) is 26.8 Å². The fraction of sp³-hybridized carbons (Fsp3) is 0.727. The summed E-state index contributed by atoms with van der Waals surface area (Å²) in [4.78, 5) is 35.2. The second kappa shape index (κ2) is 6.29. The van der Waals surface area contributed by atoms with Crippen molar-refractivity contribution in [3.8, 4) is 0 Å². The Morgan fingerprint density at radius 1 is 1.17 bits per heavy atom. The number of halogens is 1. The molecule has 0 aliphatic carbocycles. The molecule has 0 unspecified atom stereocenters. The highest BCUT2D eigenvalue weighted by molar-refractivity contribution is 9.07. The topological polar surface area (TPSA) is 78.5 Å². The van der Waals surface area contributed by atoms with Crippen LogP contribution in [0.1, 0.15) is 32.6 Å². The van der Waals surface area contributed by atoms with Crippen LogP contribution < -0.4 is 10.6 Å². The molecule has 1 aliphatic rings. The number of urea groups is 1. The second-order valence-electron chi connectivity index (χ2n) is 4.50. The number of hydrogen-bond donors (Lipinski definition) is 2. The Bertz CT molecular complexity index is 337. The van der Waals surface area contributed by atoms with Crippen molar-refractivity contribution in [2.75, 3.05) is 13.6 Å². The number of nitrogens with one attached hydrogen (secondary N) is 2. The molecule has 0 aromatic rings. The van der Waals surface area contributed by atoms with Crippen molar-refractivity contribution in [1.82, 2.24) is 14.6 Å². The lowest BCUT2D eigenvalue weighted by molar-refractivity contribution is -0.145. The SMILES string of the molecule is CCCCC1(CCN(C)Br)C(=O)NC(=O)NC1=O. The third kappa shape index (κ3) is 3.29. The van der Waals surface area contributed by atoms with E-state index >= 15 is 0 Å². The number of imide groups is 2. The Kier molecular flexibility index (Phi) is 5.28. The number of amides is 4. The summed E-state index contributed by atoms with van der Waals surface area (Å²) in [6.07, 6.45) is 2.48. The van der Waals surface area contributed by atoms with Crippen molar-refractivity contribution < 1.29 is 14.4 Å². The predicted octanol–water partition coefficient (Wildman–Crippen LogP) is 1.16. The third-order valence-corrected chi connectivity index (χ3v) is 3.48. The van der Waals surface area contributed by atoms with Gasteiger partial charge < -0.3 is 0 Å². The largest absolute Gasteiger partial charge is 0.328 e. The van der Waals surface area contributed by atoms with Gasteiger partial charge in [-0.15, -0.1) is 0 Å². The van der Waals surface area contributed by atoms with Crippen molar-refractivity contribution in [2.45, 2.75) is 32.6 Å². The highest BCUT2D eigenvalue weighted by Gasteiger charge is 2.49. The Morgan fingerprint density at radius 3 is 2.17 bits per heavy atom. The van der Waals surface area contributed by atoms with Crippen molar-refractivity contribution in [1.29, 1.82) is 0 Å². The minimum Gasteiger partial charge on any atom is -0.277 e. The maximum Gasteiger partial charge on any atom is 0.328 e. The van der Waals surface area contributed by atoms with Crippen molar-refractivity contribution in [2.24, 2.45) is 5.41 Å². The number of hydrogen-bond acceptors (Lipinski definition) is 4. The van der Waals surface area contributed by atoms with Gasteiger partial charge in [-0.05, 0) is 19.9 Å². The molecule has 2 N–H and O–H groups in total. The zero-order valence-electron chi connectivity index (χ0n) is 10.6. The summed E-state index contributed by atoms with van der Waals surface area (Å²) < 4.78 is 1.73. The first-order valence-electron chi connectivity index (χ1n) is 5.96. The number of rotatable bonds is 6. The maximum absolute atomic E-state index is 12.0. The molecule has 0 atom stereocenters. The molecule has 0 radical (unpaired) electrons. The summed E-state index contributed by atoms with van der Waals surface area (Å²) in [5, 5.41) is 4.38. The summed E-state index contributed by atoms with van der Waals surface area (Å²) in [5.41, 5.74) is -1.13. The van der Waals surface area contributed by atoms with Crippen LogP contribution in [0, 0.1) is 5.41 Å². The van der Waals surface area contributed by atoms with E-state index in [4.69, 9.17) is 0 Å². The number of unbranched alkanes of at least 4 members (excludes halogenated alkanes) is 1. The van der Waals surface area contributed by atoms with Crippen LogP contribution in [0.15, 0.2) is 0 Å². The average Bonchev–Trinajstić information content (AvgIpc) is 2.27. The Morgan fingerprint density at radius 2 is 1.72 bits per heavy atom. The quantitative estimate of drug-likeness (QED) is 0.569. The Balaban J connectivity index is 2.90. The van der Waals surface area contributed by atoms with Gasteiger partial charge in [0.25, 0.3) is 0 Å². The van der Waals surface area contributed by atoms with Crippen LogP contribution in [0.3, 0.4) is 0 Å². The molecule has 1 saturated heterocycles. The van der Waals surface area contributed by atoms with Gasteiger partial charge in [0.15, 0.2) is 0 Å². The molecule has 0 spiro atoms. The smallest absolute Gasteiger partial charge is 0.277 e. The van der Waals surface area contributed by atoms with Crippen LogP contribution in [0.2, 0.25) is 0 Å². The predicted molar refractivity (Wildman–Crippen MR) is 69.8 cm³/mol. The van der Waals surface area contributed by atoms with Crippen LogP contribution >= 0.6 is 16.1 Å². The van der Waals surface area contributed by atoms with Crippen LogP contribution in [-0.2, 0) is 9.59 Å². The highest BCUT2D eigenvalue weighted by Crippen LogP contribution is 2.32. The number of carbonyl (C=O) groups is 3. The molecule has 0 aromatic carbocycles. The zero-order chi connectivity index (χ0) is 13.8. The minimum absolute atomic E-state index is 0.375. The van der Waals surface area contributed by atoms with E-state index in [0.717, 1.165) is 12.8 Å². The Labute approximate surface area is 115 Å². The summed E-state index contributed by atoms with van der Waals surface area (Å²) >= 11 is 3.25. The van der Waals surface area contributed by atoms with Gasteiger partial charge in [0.1, 0.15) is 5.41 Å². The summed E-state index contributed by atoms with van der Waals surface area (Å²) in [6, 6.07) is -0.732. The normalized spacial score (nSPS) is 18.8. The standard InChI is InChI=1S/C11H18BrN3O3/c1-3-4-5-11(6-7-15(2)12)8(16)13-10(18)14-9(11)17/h3-7H2,1-2H3,(H2,13,14,16,17,18). The maximum atomic E-state index is 12.0. The van der Waals surface area contributed by atoms with Gasteiger partial charge in [0.05, 0.1) is 0 Å². The van der Waals surface area contributed by atoms with Gasteiger partial charge in [0.2, 0.25) is 11.8 Å². The molecule has 0 saturated carbocycles. The molecular formula is C11H18BrN3O3. The van der Waals surface area contributed by atoms with Gasteiger partial charge in [-0.1, -0.05) is 19.8 Å². The first kappa shape index (κ1) is 15.1. The van der Waals surface area contributed by atoms with Gasteiger partial charge in [-0.25, -0.2) is 8.72 Å². The van der Waals surface area contributed by atoms with Gasteiger partial charge in [-0.3, -0.25) is 20.2 Å². The van der Waals surface area contributed by atoms with Gasteiger partial charge >= 0.3 is 6.03 Å². The number of nitrogens with zero attached hydrogens (tertiary/aromatic N) is 1. The highest BCUT2D eigenvalue weighted by atomic mass is 79.9. The number of barbiturate groups is 1. The first-order valence-corrected chi connectivity index (χ1v) is 6.67. The van der Waals surface area contributed by atoms with E-state index in [1.165, 1.54) is 0 Å². The van der Waals surface area contributed by atoms with Crippen LogP contribution in [0.5, 0.6) is 0 Å². The fourth-order valence-corrected chi connectivity index (χ4v) is 2.16. The molecule has 7 heteroatoms. The molecule has 6 nitrogen and oxygen atoms in total. The van der Waals surface area contributed by atoms with E-state index in [0.29, 0.717) is 19.4 Å². The molecule has 1 aliphatic heterocycles. The lowest BCUT2D eigenvalue weighted by Gasteiger charge is -2.34. The van der Waals surface area contributed by atoms with E-state index < -0.39 is 23.3 Å². The van der Waals surface area contributed by atoms with Gasteiger partial charge in [0, 0.05) is 22.7 Å². The first-order chi connectivity index (χ1) is 8.42. The summed E-state index contributed by atoms with van der Waals surface area (Å²) in [7, 11) is 1.80. The molecule has 18 heavy (non-hydrogen) atoms. The average molecular weight is 320 g/mol. The molecule has 1 rings (SSSR count). The van der Waals surface area contributed by atoms with Crippen LogP contribution in [0.25, 0.3) is 0 Å². The summed E-state index contributed by atoms with van der Waals surface area (Å²) in [6.45, 7) is 2.53.